The summed E-state index contributed by atoms with van der Waals surface area (Å²) in [5.74, 6) is -1.00. The van der Waals surface area contributed by atoms with Crippen molar-refractivity contribution in [1.29, 1.82) is 0 Å². The Kier molecular flexibility index (Phi) is 6.70. The second-order valence-electron chi connectivity index (χ2n) is 6.35. The van der Waals surface area contributed by atoms with Crippen LogP contribution in [0.1, 0.15) is 39.5 Å². The molecule has 0 bridgehead atoms. The summed E-state index contributed by atoms with van der Waals surface area (Å²) in [5.41, 5.74) is -0.614. The molecular formula is C18H23F2N3O4. The summed E-state index contributed by atoms with van der Waals surface area (Å²) in [4.78, 5) is 38.1. The van der Waals surface area contributed by atoms with E-state index < -0.39 is 36.5 Å². The van der Waals surface area contributed by atoms with Crippen molar-refractivity contribution in [3.8, 4) is 5.75 Å². The minimum absolute atomic E-state index is 0.0407. The van der Waals surface area contributed by atoms with Crippen LogP contribution in [0.5, 0.6) is 5.75 Å². The Labute approximate surface area is 156 Å². The molecular weight excluding hydrogens is 360 g/mol. The van der Waals surface area contributed by atoms with Gasteiger partial charge in [-0.3, -0.25) is 14.5 Å². The van der Waals surface area contributed by atoms with Gasteiger partial charge in [0.25, 0.3) is 5.91 Å². The van der Waals surface area contributed by atoms with E-state index >= 15 is 0 Å². The average Bonchev–Trinajstić information content (AvgIpc) is 2.81. The lowest BCUT2D eigenvalue weighted by molar-refractivity contribution is -0.134. The van der Waals surface area contributed by atoms with Gasteiger partial charge in [-0.25, -0.2) is 4.79 Å². The first-order valence-corrected chi connectivity index (χ1v) is 8.80. The fourth-order valence-corrected chi connectivity index (χ4v) is 3.20. The Morgan fingerprint density at radius 2 is 1.78 bits per heavy atom. The van der Waals surface area contributed by atoms with Crippen molar-refractivity contribution in [2.45, 2.75) is 51.7 Å². The molecule has 1 heterocycles. The number of benzene rings is 1. The minimum atomic E-state index is -2.93. The van der Waals surface area contributed by atoms with Gasteiger partial charge in [0.15, 0.2) is 0 Å². The van der Waals surface area contributed by atoms with Crippen molar-refractivity contribution in [2.24, 2.45) is 0 Å². The summed E-state index contributed by atoms with van der Waals surface area (Å²) in [6.07, 6.45) is 2.46. The highest BCUT2D eigenvalue weighted by Gasteiger charge is 2.50. The average molecular weight is 383 g/mol. The zero-order valence-electron chi connectivity index (χ0n) is 15.3. The SMILES string of the molecule is CCCC1(CCC)NC(=O)N(CC(=O)Nc2ccc(OC(F)F)cc2)C1=O. The Balaban J connectivity index is 2.00. The van der Waals surface area contributed by atoms with Crippen LogP contribution in [0.25, 0.3) is 0 Å². The number of alkyl halides is 2. The molecule has 0 aliphatic carbocycles. The third-order valence-corrected chi connectivity index (χ3v) is 4.26. The molecule has 0 spiro atoms. The van der Waals surface area contributed by atoms with Crippen molar-refractivity contribution >= 4 is 23.5 Å². The lowest BCUT2D eigenvalue weighted by Crippen LogP contribution is -2.47. The van der Waals surface area contributed by atoms with Gasteiger partial charge >= 0.3 is 12.6 Å². The monoisotopic (exact) mass is 383 g/mol. The van der Waals surface area contributed by atoms with E-state index in [1.807, 2.05) is 13.8 Å². The van der Waals surface area contributed by atoms with E-state index in [9.17, 15) is 23.2 Å². The van der Waals surface area contributed by atoms with Gasteiger partial charge in [-0.05, 0) is 37.1 Å². The number of nitrogens with one attached hydrogen (secondary N) is 2. The molecule has 27 heavy (non-hydrogen) atoms. The van der Waals surface area contributed by atoms with Crippen LogP contribution in [0.3, 0.4) is 0 Å². The van der Waals surface area contributed by atoms with Crippen LogP contribution < -0.4 is 15.4 Å². The molecule has 0 atom stereocenters. The standard InChI is InChI=1S/C18H23F2N3O4/c1-3-9-18(10-4-2)15(25)23(17(26)22-18)11-14(24)21-12-5-7-13(8-6-12)27-16(19)20/h5-8,16H,3-4,9-11H2,1-2H3,(H,21,24)(H,22,26). The number of rotatable bonds is 9. The molecule has 1 aromatic carbocycles. The van der Waals surface area contributed by atoms with Gasteiger partial charge in [0, 0.05) is 5.69 Å². The Hall–Kier alpha value is -2.71. The smallest absolute Gasteiger partial charge is 0.387 e. The van der Waals surface area contributed by atoms with Crippen molar-refractivity contribution in [2.75, 3.05) is 11.9 Å². The lowest BCUT2D eigenvalue weighted by atomic mass is 9.88. The quantitative estimate of drug-likeness (QED) is 0.642. The molecule has 1 saturated heterocycles. The summed E-state index contributed by atoms with van der Waals surface area (Å²) >= 11 is 0. The summed E-state index contributed by atoms with van der Waals surface area (Å²) < 4.78 is 28.5. The van der Waals surface area contributed by atoms with Gasteiger partial charge < -0.3 is 15.4 Å². The second kappa shape index (κ2) is 8.79. The van der Waals surface area contributed by atoms with Gasteiger partial charge in [-0.15, -0.1) is 0 Å². The number of anilines is 1. The highest BCUT2D eigenvalue weighted by Crippen LogP contribution is 2.28. The number of urea groups is 1. The van der Waals surface area contributed by atoms with E-state index in [4.69, 9.17) is 0 Å². The van der Waals surface area contributed by atoms with Crippen molar-refractivity contribution < 1.29 is 27.9 Å². The number of imide groups is 1. The molecule has 2 rings (SSSR count). The number of halogens is 2. The van der Waals surface area contributed by atoms with Crippen LogP contribution in [-0.2, 0) is 9.59 Å². The summed E-state index contributed by atoms with van der Waals surface area (Å²) in [6, 6.07) is 4.75. The van der Waals surface area contributed by atoms with Crippen LogP contribution in [0.4, 0.5) is 19.3 Å². The van der Waals surface area contributed by atoms with Gasteiger partial charge in [-0.1, -0.05) is 26.7 Å². The summed E-state index contributed by atoms with van der Waals surface area (Å²) in [7, 11) is 0. The number of ether oxygens (including phenoxy) is 1. The predicted molar refractivity (Wildman–Crippen MR) is 94.5 cm³/mol. The zero-order chi connectivity index (χ0) is 20.0. The first kappa shape index (κ1) is 20.6. The Morgan fingerprint density at radius 1 is 1.19 bits per heavy atom. The van der Waals surface area contributed by atoms with Crippen LogP contribution in [-0.4, -0.2) is 41.4 Å². The van der Waals surface area contributed by atoms with Crippen LogP contribution in [0.15, 0.2) is 24.3 Å². The summed E-state index contributed by atoms with van der Waals surface area (Å²) in [6.45, 7) is 0.493. The molecule has 0 saturated carbocycles. The number of hydrogen-bond acceptors (Lipinski definition) is 4. The Morgan fingerprint density at radius 3 is 2.30 bits per heavy atom. The molecule has 2 N–H and O–H groups in total. The third kappa shape index (κ3) is 4.93. The lowest BCUT2D eigenvalue weighted by Gasteiger charge is -2.25. The highest BCUT2D eigenvalue weighted by molar-refractivity contribution is 6.10. The molecule has 0 aromatic heterocycles. The topological polar surface area (TPSA) is 87.7 Å². The van der Waals surface area contributed by atoms with Crippen LogP contribution in [0.2, 0.25) is 0 Å². The number of nitrogens with zero attached hydrogens (tertiary/aromatic N) is 1. The van der Waals surface area contributed by atoms with Gasteiger partial charge in [0.05, 0.1) is 0 Å². The van der Waals surface area contributed by atoms with E-state index in [0.717, 1.165) is 17.7 Å². The number of amides is 4. The molecule has 148 valence electrons. The Bertz CT molecular complexity index is 688. The first-order chi connectivity index (χ1) is 12.8. The molecule has 1 aliphatic heterocycles. The van der Waals surface area contributed by atoms with Gasteiger partial charge in [0.2, 0.25) is 5.91 Å². The molecule has 7 nitrogen and oxygen atoms in total. The molecule has 9 heteroatoms. The fraction of sp³-hybridized carbons (Fsp3) is 0.500. The zero-order valence-corrected chi connectivity index (χ0v) is 15.3. The first-order valence-electron chi connectivity index (χ1n) is 8.80. The number of carbonyl (C=O) groups is 3. The largest absolute Gasteiger partial charge is 0.435 e. The predicted octanol–water partition coefficient (Wildman–Crippen LogP) is 3.12. The van der Waals surface area contributed by atoms with Gasteiger partial charge in [0.1, 0.15) is 17.8 Å². The molecule has 1 aromatic rings. The maximum absolute atomic E-state index is 12.7. The second-order valence-corrected chi connectivity index (χ2v) is 6.35. The summed E-state index contributed by atoms with van der Waals surface area (Å²) in [5, 5.41) is 5.26. The van der Waals surface area contributed by atoms with Gasteiger partial charge in [-0.2, -0.15) is 8.78 Å². The minimum Gasteiger partial charge on any atom is -0.435 e. The fourth-order valence-electron chi connectivity index (χ4n) is 3.20. The van der Waals surface area contributed by atoms with Crippen LogP contribution in [0, 0.1) is 0 Å². The van der Waals surface area contributed by atoms with Crippen molar-refractivity contribution in [3.63, 3.8) is 0 Å². The maximum atomic E-state index is 12.7. The molecule has 0 unspecified atom stereocenters. The van der Waals surface area contributed by atoms with E-state index in [1.54, 1.807) is 0 Å². The van der Waals surface area contributed by atoms with E-state index in [1.165, 1.54) is 24.3 Å². The third-order valence-electron chi connectivity index (χ3n) is 4.26. The molecule has 4 amide bonds. The van der Waals surface area contributed by atoms with E-state index in [0.29, 0.717) is 18.5 Å². The van der Waals surface area contributed by atoms with Crippen molar-refractivity contribution in [3.05, 3.63) is 24.3 Å². The highest BCUT2D eigenvalue weighted by atomic mass is 19.3. The van der Waals surface area contributed by atoms with Crippen LogP contribution >= 0.6 is 0 Å². The van der Waals surface area contributed by atoms with E-state index in [2.05, 4.69) is 15.4 Å². The molecule has 0 radical (unpaired) electrons. The molecule has 1 aliphatic rings. The number of hydrogen-bond donors (Lipinski definition) is 2. The van der Waals surface area contributed by atoms with Crippen molar-refractivity contribution in [1.82, 2.24) is 10.2 Å². The maximum Gasteiger partial charge on any atom is 0.387 e. The molecule has 1 fully saturated rings. The number of carbonyl (C=O) groups excluding carboxylic acids is 3. The normalized spacial score (nSPS) is 15.8. The van der Waals surface area contributed by atoms with E-state index in [-0.39, 0.29) is 5.75 Å².